The third kappa shape index (κ3) is 4.44. The van der Waals surface area contributed by atoms with E-state index in [1.54, 1.807) is 6.92 Å². The van der Waals surface area contributed by atoms with Gasteiger partial charge in [0, 0.05) is 36.5 Å². The molecule has 0 spiro atoms. The van der Waals surface area contributed by atoms with Crippen LogP contribution in [0.5, 0.6) is 0 Å². The Morgan fingerprint density at radius 1 is 1.10 bits per heavy atom. The topological polar surface area (TPSA) is 86.7 Å². The number of nitrogens with one attached hydrogen (secondary N) is 1. The molecule has 1 heterocycles. The summed E-state index contributed by atoms with van der Waals surface area (Å²) in [6, 6.07) is 5.26. The lowest BCUT2D eigenvalue weighted by Crippen LogP contribution is -2.40. The summed E-state index contributed by atoms with van der Waals surface area (Å²) < 4.78 is 66.7. The Balaban J connectivity index is 1.88. The summed E-state index contributed by atoms with van der Waals surface area (Å²) in [5.74, 6) is -5.36. The molecule has 2 N–H and O–H groups in total. The molecule has 1 fully saturated rings. The number of carbonyl (C=O) groups is 1. The maximum Gasteiger partial charge on any atom is 0.255 e. The van der Waals surface area contributed by atoms with Crippen molar-refractivity contribution in [3.8, 4) is 0 Å². The fourth-order valence-electron chi connectivity index (χ4n) is 3.06. The number of anilines is 1. The monoisotopic (exact) mass is 428 g/mol. The highest BCUT2D eigenvalue weighted by atomic mass is 32.2. The lowest BCUT2D eigenvalue weighted by molar-refractivity contribution is 0.102. The molecule has 10 heteroatoms. The highest BCUT2D eigenvalue weighted by Crippen LogP contribution is 2.24. The van der Waals surface area contributed by atoms with E-state index in [0.29, 0.717) is 30.5 Å². The smallest absolute Gasteiger partial charge is 0.255 e. The minimum atomic E-state index is -3.88. The summed E-state index contributed by atoms with van der Waals surface area (Å²) in [6.45, 7) is 1.90. The summed E-state index contributed by atoms with van der Waals surface area (Å²) in [5.41, 5.74) is 0.135. The van der Waals surface area contributed by atoms with Gasteiger partial charge in [-0.25, -0.2) is 21.6 Å². The van der Waals surface area contributed by atoms with E-state index in [1.165, 1.54) is 22.5 Å². The van der Waals surface area contributed by atoms with Crippen molar-refractivity contribution in [3.05, 3.63) is 58.9 Å². The molecule has 0 unspecified atom stereocenters. The fraction of sp³-hybridized carbons (Fsp3) is 0.316. The quantitative estimate of drug-likeness (QED) is 0.734. The first-order valence-corrected chi connectivity index (χ1v) is 10.3. The van der Waals surface area contributed by atoms with Gasteiger partial charge in [0.15, 0.2) is 17.5 Å². The van der Waals surface area contributed by atoms with Crippen molar-refractivity contribution in [2.24, 2.45) is 0 Å². The van der Waals surface area contributed by atoms with Crippen LogP contribution in [-0.4, -0.2) is 42.9 Å². The fourth-order valence-corrected chi connectivity index (χ4v) is 4.56. The minimum absolute atomic E-state index is 0.00624. The first-order valence-electron chi connectivity index (χ1n) is 8.84. The van der Waals surface area contributed by atoms with E-state index < -0.39 is 39.5 Å². The standard InChI is InChI=1S/C19H19F3N2O4S/c1-11-2-3-14(29(27,28)24-6-4-13(25)5-7-24)10-15(11)19(26)23-12-8-16(20)18(22)17(21)9-12/h2-3,8-10,13,25H,4-7H2,1H3,(H,23,26). The maximum absolute atomic E-state index is 13.4. The number of sulfonamides is 1. The molecule has 1 aliphatic heterocycles. The predicted molar refractivity (Wildman–Crippen MR) is 99.4 cm³/mol. The molecule has 2 aromatic rings. The second kappa shape index (κ2) is 8.13. The highest BCUT2D eigenvalue weighted by Gasteiger charge is 2.29. The number of nitrogens with zero attached hydrogens (tertiary/aromatic N) is 1. The van der Waals surface area contributed by atoms with E-state index in [0.717, 1.165) is 0 Å². The van der Waals surface area contributed by atoms with Crippen LogP contribution in [-0.2, 0) is 10.0 Å². The van der Waals surface area contributed by atoms with Crippen LogP contribution in [0.4, 0.5) is 18.9 Å². The molecule has 1 saturated heterocycles. The Morgan fingerprint density at radius 3 is 2.28 bits per heavy atom. The summed E-state index contributed by atoms with van der Waals surface area (Å²) in [4.78, 5) is 12.4. The first-order chi connectivity index (χ1) is 13.6. The van der Waals surface area contributed by atoms with E-state index in [1.807, 2.05) is 0 Å². The number of hydrogen-bond donors (Lipinski definition) is 2. The number of hydrogen-bond acceptors (Lipinski definition) is 4. The van der Waals surface area contributed by atoms with E-state index in [9.17, 15) is 31.5 Å². The van der Waals surface area contributed by atoms with Gasteiger partial charge in [-0.15, -0.1) is 0 Å². The van der Waals surface area contributed by atoms with Crippen molar-refractivity contribution in [2.75, 3.05) is 18.4 Å². The third-order valence-electron chi connectivity index (χ3n) is 4.76. The number of aliphatic hydroxyl groups is 1. The van der Waals surface area contributed by atoms with Crippen molar-refractivity contribution >= 4 is 21.6 Å². The molecule has 0 saturated carbocycles. The van der Waals surface area contributed by atoms with Gasteiger partial charge in [0.2, 0.25) is 10.0 Å². The maximum atomic E-state index is 13.4. The van der Waals surface area contributed by atoms with Gasteiger partial charge in [0.1, 0.15) is 0 Å². The van der Waals surface area contributed by atoms with Crippen LogP contribution in [0.15, 0.2) is 35.2 Å². The largest absolute Gasteiger partial charge is 0.393 e. The van der Waals surface area contributed by atoms with Crippen molar-refractivity contribution in [1.82, 2.24) is 4.31 Å². The number of aliphatic hydroxyl groups excluding tert-OH is 1. The zero-order valence-corrected chi connectivity index (χ0v) is 16.3. The molecule has 3 rings (SSSR count). The molecule has 156 valence electrons. The van der Waals surface area contributed by atoms with Crippen molar-refractivity contribution < 1.29 is 31.5 Å². The Hall–Kier alpha value is -2.43. The van der Waals surface area contributed by atoms with E-state index in [2.05, 4.69) is 5.32 Å². The van der Waals surface area contributed by atoms with Crippen LogP contribution in [0.3, 0.4) is 0 Å². The van der Waals surface area contributed by atoms with Gasteiger partial charge in [0.05, 0.1) is 11.0 Å². The molecule has 1 amide bonds. The van der Waals surface area contributed by atoms with Gasteiger partial charge in [-0.3, -0.25) is 4.79 Å². The SMILES string of the molecule is Cc1ccc(S(=O)(=O)N2CCC(O)CC2)cc1C(=O)Nc1cc(F)c(F)c(F)c1. The summed E-state index contributed by atoms with van der Waals surface area (Å²) in [5, 5.41) is 11.8. The van der Waals surface area contributed by atoms with Crippen LogP contribution in [0.1, 0.15) is 28.8 Å². The van der Waals surface area contributed by atoms with Crippen molar-refractivity contribution in [1.29, 1.82) is 0 Å². The summed E-state index contributed by atoms with van der Waals surface area (Å²) in [7, 11) is -3.88. The summed E-state index contributed by atoms with van der Waals surface area (Å²) in [6.07, 6.45) is 0.0950. The van der Waals surface area contributed by atoms with Crippen LogP contribution in [0.2, 0.25) is 0 Å². The molecule has 0 aliphatic carbocycles. The molecule has 0 bridgehead atoms. The number of amides is 1. The zero-order valence-electron chi connectivity index (χ0n) is 15.5. The second-order valence-electron chi connectivity index (χ2n) is 6.82. The minimum Gasteiger partial charge on any atom is -0.393 e. The van der Waals surface area contributed by atoms with Gasteiger partial charge < -0.3 is 10.4 Å². The van der Waals surface area contributed by atoms with E-state index in [4.69, 9.17) is 0 Å². The molecule has 29 heavy (non-hydrogen) atoms. The molecular formula is C19H19F3N2O4S. The van der Waals surface area contributed by atoms with Crippen molar-refractivity contribution in [3.63, 3.8) is 0 Å². The Kier molecular flexibility index (Phi) is 5.97. The number of rotatable bonds is 4. The highest BCUT2D eigenvalue weighted by molar-refractivity contribution is 7.89. The number of carbonyl (C=O) groups excluding carboxylic acids is 1. The average molecular weight is 428 g/mol. The Labute approximate surface area is 166 Å². The van der Waals surface area contributed by atoms with Gasteiger partial charge in [0.25, 0.3) is 5.91 Å². The van der Waals surface area contributed by atoms with Crippen LogP contribution >= 0.6 is 0 Å². The number of piperidine rings is 1. The van der Waals surface area contributed by atoms with E-state index in [-0.39, 0.29) is 29.2 Å². The molecular weight excluding hydrogens is 409 g/mol. The lowest BCUT2D eigenvalue weighted by Gasteiger charge is -2.28. The van der Waals surface area contributed by atoms with Gasteiger partial charge in [-0.2, -0.15) is 4.31 Å². The third-order valence-corrected chi connectivity index (χ3v) is 6.65. The molecule has 0 radical (unpaired) electrons. The van der Waals surface area contributed by atoms with Crippen molar-refractivity contribution in [2.45, 2.75) is 30.8 Å². The average Bonchev–Trinajstić information content (AvgIpc) is 2.66. The van der Waals surface area contributed by atoms with Crippen LogP contribution in [0.25, 0.3) is 0 Å². The van der Waals surface area contributed by atoms with Gasteiger partial charge in [-0.1, -0.05) is 6.07 Å². The Bertz CT molecular complexity index is 1030. The predicted octanol–water partition coefficient (Wildman–Crippen LogP) is 2.81. The van der Waals surface area contributed by atoms with Crippen LogP contribution in [0, 0.1) is 24.4 Å². The molecule has 0 atom stereocenters. The first kappa shape index (κ1) is 21.3. The molecule has 6 nitrogen and oxygen atoms in total. The number of aryl methyl sites for hydroxylation is 1. The Morgan fingerprint density at radius 2 is 1.69 bits per heavy atom. The summed E-state index contributed by atoms with van der Waals surface area (Å²) >= 11 is 0. The zero-order chi connectivity index (χ0) is 21.3. The van der Waals surface area contributed by atoms with E-state index >= 15 is 0 Å². The lowest BCUT2D eigenvalue weighted by atomic mass is 10.1. The normalized spacial score (nSPS) is 16.0. The number of halogens is 3. The van der Waals surface area contributed by atoms with Gasteiger partial charge >= 0.3 is 0 Å². The second-order valence-corrected chi connectivity index (χ2v) is 8.76. The van der Waals surface area contributed by atoms with Crippen LogP contribution < -0.4 is 5.32 Å². The molecule has 2 aromatic carbocycles. The van der Waals surface area contributed by atoms with Gasteiger partial charge in [-0.05, 0) is 37.5 Å². The number of benzene rings is 2. The molecule has 1 aliphatic rings. The molecule has 0 aromatic heterocycles.